The average Bonchev–Trinajstić information content (AvgIpc) is 3.62. The van der Waals surface area contributed by atoms with E-state index in [1.807, 2.05) is 0 Å². The van der Waals surface area contributed by atoms with Gasteiger partial charge in [0.15, 0.2) is 15.1 Å². The van der Waals surface area contributed by atoms with Gasteiger partial charge < -0.3 is 13.9 Å². The molecule has 0 aliphatic carbocycles. The topological polar surface area (TPSA) is 109 Å². The van der Waals surface area contributed by atoms with Gasteiger partial charge in [0.1, 0.15) is 23.2 Å². The molecule has 3 aromatic heterocycles. The molecule has 1 aliphatic rings. The van der Waals surface area contributed by atoms with Crippen LogP contribution in [-0.2, 0) is 15.7 Å². The monoisotopic (exact) mass is 678 g/mol. The zero-order valence-electron chi connectivity index (χ0n) is 25.1. The molecule has 0 unspecified atom stereocenters. The van der Waals surface area contributed by atoms with Crippen LogP contribution in [0.4, 0.5) is 13.2 Å². The number of halogens is 3. The number of allylic oxidation sites excluding steroid dienone is 1. The number of hydrogen-bond acceptors (Lipinski definition) is 10. The van der Waals surface area contributed by atoms with E-state index in [1.165, 1.54) is 17.8 Å². The number of ether oxygens (including phenoxy) is 2. The predicted molar refractivity (Wildman–Crippen MR) is 169 cm³/mol. The second-order valence-corrected chi connectivity index (χ2v) is 12.1. The Bertz CT molecular complexity index is 2190. The zero-order chi connectivity index (χ0) is 33.3. The minimum absolute atomic E-state index is 0.116. The summed E-state index contributed by atoms with van der Waals surface area (Å²) in [6.45, 7) is 3.51. The highest BCUT2D eigenvalue weighted by molar-refractivity contribution is 7.99. The van der Waals surface area contributed by atoms with Crippen LogP contribution in [0.25, 0.3) is 17.3 Å². The molecule has 5 aromatic rings. The van der Waals surface area contributed by atoms with Crippen LogP contribution in [-0.4, -0.2) is 34.2 Å². The van der Waals surface area contributed by atoms with Gasteiger partial charge in [-0.05, 0) is 49.9 Å². The summed E-state index contributed by atoms with van der Waals surface area (Å²) >= 11 is 1.92. The highest BCUT2D eigenvalue weighted by Crippen LogP contribution is 2.36. The van der Waals surface area contributed by atoms with Gasteiger partial charge in [-0.15, -0.1) is 0 Å². The van der Waals surface area contributed by atoms with Crippen molar-refractivity contribution in [1.29, 1.82) is 0 Å². The fourth-order valence-electron chi connectivity index (χ4n) is 5.04. The number of furan rings is 1. The van der Waals surface area contributed by atoms with Gasteiger partial charge in [0.25, 0.3) is 5.56 Å². The molecule has 6 rings (SSSR count). The molecule has 9 nitrogen and oxygen atoms in total. The summed E-state index contributed by atoms with van der Waals surface area (Å²) in [6, 6.07) is 18.7. The lowest BCUT2D eigenvalue weighted by Crippen LogP contribution is -2.40. The molecule has 0 amide bonds. The minimum atomic E-state index is -4.68. The molecule has 240 valence electrons. The van der Waals surface area contributed by atoms with E-state index in [9.17, 15) is 22.8 Å². The largest absolute Gasteiger partial charge is 0.496 e. The summed E-state index contributed by atoms with van der Waals surface area (Å²) in [5.74, 6) is 0.144. The average molecular weight is 679 g/mol. The van der Waals surface area contributed by atoms with E-state index < -0.39 is 29.4 Å². The smallest absolute Gasteiger partial charge is 0.433 e. The van der Waals surface area contributed by atoms with E-state index in [0.29, 0.717) is 27.4 Å². The van der Waals surface area contributed by atoms with Crippen LogP contribution >= 0.6 is 23.1 Å². The van der Waals surface area contributed by atoms with Crippen LogP contribution in [0.5, 0.6) is 5.75 Å². The molecule has 1 aliphatic heterocycles. The Morgan fingerprint density at radius 1 is 1.09 bits per heavy atom. The molecular formula is C33H25F3N4O5S2. The molecule has 0 saturated heterocycles. The third-order valence-electron chi connectivity index (χ3n) is 7.08. The van der Waals surface area contributed by atoms with Gasteiger partial charge in [-0.3, -0.25) is 9.36 Å². The summed E-state index contributed by atoms with van der Waals surface area (Å²) in [5, 5.41) is 0.0624. The van der Waals surface area contributed by atoms with Crippen molar-refractivity contribution in [2.45, 2.75) is 36.3 Å². The van der Waals surface area contributed by atoms with Gasteiger partial charge in [-0.1, -0.05) is 59.9 Å². The van der Waals surface area contributed by atoms with Crippen molar-refractivity contribution < 1.29 is 31.9 Å². The van der Waals surface area contributed by atoms with Gasteiger partial charge in [0.2, 0.25) is 0 Å². The number of alkyl halides is 3. The first kappa shape index (κ1) is 32.0. The fraction of sp³-hybridized carbons (Fsp3) is 0.182. The molecule has 47 heavy (non-hydrogen) atoms. The summed E-state index contributed by atoms with van der Waals surface area (Å²) in [4.78, 5) is 40.0. The Kier molecular flexibility index (Phi) is 8.88. The molecule has 0 N–H and O–H groups in total. The lowest BCUT2D eigenvalue weighted by atomic mass is 9.95. The van der Waals surface area contributed by atoms with E-state index in [-0.39, 0.29) is 38.4 Å². The van der Waals surface area contributed by atoms with E-state index in [1.54, 1.807) is 80.6 Å². The second-order valence-electron chi connectivity index (χ2n) is 10.1. The molecule has 14 heteroatoms. The van der Waals surface area contributed by atoms with Crippen LogP contribution in [0.1, 0.15) is 36.9 Å². The number of para-hydroxylation sites is 1. The number of rotatable bonds is 8. The van der Waals surface area contributed by atoms with E-state index in [2.05, 4.69) is 15.0 Å². The first-order valence-corrected chi connectivity index (χ1v) is 15.8. The van der Waals surface area contributed by atoms with Crippen molar-refractivity contribution in [3.63, 3.8) is 0 Å². The zero-order valence-corrected chi connectivity index (χ0v) is 26.7. The second kappa shape index (κ2) is 13.0. The molecule has 0 bridgehead atoms. The van der Waals surface area contributed by atoms with Gasteiger partial charge in [-0.2, -0.15) is 13.2 Å². The lowest BCUT2D eigenvalue weighted by Gasteiger charge is -2.25. The van der Waals surface area contributed by atoms with Crippen LogP contribution < -0.4 is 19.6 Å². The van der Waals surface area contributed by atoms with Crippen LogP contribution in [0, 0.1) is 0 Å². The third kappa shape index (κ3) is 6.51. The third-order valence-corrected chi connectivity index (χ3v) is 8.85. The Morgan fingerprint density at radius 2 is 1.83 bits per heavy atom. The van der Waals surface area contributed by atoms with Crippen molar-refractivity contribution in [2.24, 2.45) is 4.99 Å². The van der Waals surface area contributed by atoms with Gasteiger partial charge in [0, 0.05) is 17.2 Å². The lowest BCUT2D eigenvalue weighted by molar-refractivity contribution is -0.141. The molecule has 4 heterocycles. The predicted octanol–water partition coefficient (Wildman–Crippen LogP) is 6.03. The Hall–Kier alpha value is -4.95. The minimum Gasteiger partial charge on any atom is -0.496 e. The van der Waals surface area contributed by atoms with Crippen molar-refractivity contribution >= 4 is 35.1 Å². The Labute approximate surface area is 273 Å². The number of carbonyl (C=O) groups excluding carboxylic acids is 1. The molecular weight excluding hydrogens is 654 g/mol. The van der Waals surface area contributed by atoms with E-state index >= 15 is 0 Å². The molecule has 0 radical (unpaired) electrons. The van der Waals surface area contributed by atoms with Crippen LogP contribution in [0.3, 0.4) is 0 Å². The quantitative estimate of drug-likeness (QED) is 0.145. The number of methoxy groups -OCH3 is 1. The number of hydrogen-bond donors (Lipinski definition) is 0. The Balaban J connectivity index is 1.39. The first-order chi connectivity index (χ1) is 22.6. The normalized spacial score (nSPS) is 14.9. The summed E-state index contributed by atoms with van der Waals surface area (Å²) in [6.07, 6.45) is -3.17. The number of carbonyl (C=O) groups is 1. The number of thiazole rings is 1. The highest BCUT2D eigenvalue weighted by Gasteiger charge is 2.36. The number of benzene rings is 2. The standard InChI is InChI=1S/C33H25F3N4O5S2/c1-4-44-30(42)27-18(2)37-32-40(28(27)21-12-8-9-13-23(21)43-3)29(41)24(46-32)16-20-14-15-26(45-20)47-31-38-22(19-10-6-5-7-11-19)17-25(39-31)33(34,35)36/h5-17,28H,4H2,1-3H3/b24-16+/t28-/m0/s1. The fourth-order valence-corrected chi connectivity index (χ4v) is 6.81. The van der Waals surface area contributed by atoms with Crippen LogP contribution in [0.15, 0.2) is 109 Å². The van der Waals surface area contributed by atoms with Gasteiger partial charge in [0.05, 0.1) is 35.2 Å². The molecule has 0 spiro atoms. The summed E-state index contributed by atoms with van der Waals surface area (Å²) in [7, 11) is 1.50. The van der Waals surface area contributed by atoms with Gasteiger partial charge in [-0.25, -0.2) is 19.8 Å². The number of fused-ring (bicyclic) bond motifs is 1. The maximum Gasteiger partial charge on any atom is 0.433 e. The summed E-state index contributed by atoms with van der Waals surface area (Å²) in [5.41, 5.74) is 0.299. The molecule has 1 atom stereocenters. The number of nitrogens with zero attached hydrogens (tertiary/aromatic N) is 4. The van der Waals surface area contributed by atoms with E-state index in [4.69, 9.17) is 13.9 Å². The van der Waals surface area contributed by atoms with Crippen molar-refractivity contribution in [2.75, 3.05) is 13.7 Å². The highest BCUT2D eigenvalue weighted by atomic mass is 32.2. The number of aromatic nitrogens is 3. The molecule has 2 aromatic carbocycles. The molecule has 0 saturated carbocycles. The van der Waals surface area contributed by atoms with Crippen LogP contribution in [0.2, 0.25) is 0 Å². The Morgan fingerprint density at radius 3 is 2.55 bits per heavy atom. The molecule has 0 fully saturated rings. The summed E-state index contributed by atoms with van der Waals surface area (Å²) < 4.78 is 59.5. The van der Waals surface area contributed by atoms with Crippen molar-refractivity contribution in [3.05, 3.63) is 121 Å². The van der Waals surface area contributed by atoms with Gasteiger partial charge >= 0.3 is 12.1 Å². The first-order valence-electron chi connectivity index (χ1n) is 14.2. The van der Waals surface area contributed by atoms with E-state index in [0.717, 1.165) is 29.2 Å². The van der Waals surface area contributed by atoms with Crippen molar-refractivity contribution in [3.8, 4) is 17.0 Å². The maximum absolute atomic E-state index is 13.9. The number of esters is 1. The van der Waals surface area contributed by atoms with Crippen molar-refractivity contribution in [1.82, 2.24) is 14.5 Å². The maximum atomic E-state index is 13.9. The SMILES string of the molecule is CCOC(=O)C1=C(C)N=c2s/c(=C/c3ccc(Sc4nc(-c5ccccc5)cc(C(F)(F)F)n4)o3)c(=O)n2[C@H]1c1ccccc1OC.